The normalized spacial score (nSPS) is 17.1. The Balaban J connectivity index is 2.16. The van der Waals surface area contributed by atoms with Crippen molar-refractivity contribution in [2.75, 3.05) is 11.4 Å². The van der Waals surface area contributed by atoms with Gasteiger partial charge in [0, 0.05) is 12.6 Å². The number of anilines is 1. The minimum atomic E-state index is -0.0158. The van der Waals surface area contributed by atoms with Crippen LogP contribution in [-0.4, -0.2) is 33.6 Å². The van der Waals surface area contributed by atoms with E-state index < -0.39 is 0 Å². The Morgan fingerprint density at radius 1 is 1.44 bits per heavy atom. The van der Waals surface area contributed by atoms with Gasteiger partial charge in [0.05, 0.1) is 12.4 Å². The first-order valence-electron chi connectivity index (χ1n) is 6.32. The van der Waals surface area contributed by atoms with Gasteiger partial charge in [-0.25, -0.2) is 9.97 Å². The van der Waals surface area contributed by atoms with Crippen LogP contribution in [0.5, 0.6) is 0 Å². The number of oxime groups is 1. The molecule has 1 saturated carbocycles. The molecule has 1 fully saturated rings. The van der Waals surface area contributed by atoms with E-state index in [1.54, 1.807) is 12.4 Å². The molecule has 0 saturated heterocycles. The Kier molecular flexibility index (Phi) is 3.96. The van der Waals surface area contributed by atoms with E-state index in [1.165, 1.54) is 25.7 Å². The van der Waals surface area contributed by atoms with Crippen molar-refractivity contribution in [2.24, 2.45) is 10.9 Å². The molecule has 98 valence electrons. The second-order valence-corrected chi connectivity index (χ2v) is 4.47. The molecule has 0 aromatic carbocycles. The van der Waals surface area contributed by atoms with Gasteiger partial charge >= 0.3 is 0 Å². The molecule has 2 rings (SSSR count). The van der Waals surface area contributed by atoms with Gasteiger partial charge in [0.25, 0.3) is 0 Å². The van der Waals surface area contributed by atoms with E-state index in [0.717, 1.165) is 12.4 Å². The average molecular weight is 249 g/mol. The number of rotatable bonds is 4. The molecule has 1 aliphatic carbocycles. The summed E-state index contributed by atoms with van der Waals surface area (Å²) in [5.74, 6) is 0.844. The molecule has 6 heteroatoms. The number of amidine groups is 1. The third-order valence-electron chi connectivity index (χ3n) is 3.41. The van der Waals surface area contributed by atoms with Gasteiger partial charge < -0.3 is 15.8 Å². The van der Waals surface area contributed by atoms with Crippen molar-refractivity contribution in [3.63, 3.8) is 0 Å². The van der Waals surface area contributed by atoms with E-state index in [4.69, 9.17) is 10.9 Å². The number of aromatic nitrogens is 2. The summed E-state index contributed by atoms with van der Waals surface area (Å²) in [7, 11) is 0. The maximum absolute atomic E-state index is 8.57. The van der Waals surface area contributed by atoms with E-state index in [9.17, 15) is 0 Å². The second-order valence-electron chi connectivity index (χ2n) is 4.47. The van der Waals surface area contributed by atoms with E-state index in [1.807, 2.05) is 0 Å². The van der Waals surface area contributed by atoms with Crippen LogP contribution in [0.1, 0.15) is 38.3 Å². The lowest BCUT2D eigenvalue weighted by molar-refractivity contribution is 0.318. The van der Waals surface area contributed by atoms with Crippen molar-refractivity contribution in [1.29, 1.82) is 0 Å². The summed E-state index contributed by atoms with van der Waals surface area (Å²) in [6, 6.07) is 0.569. The van der Waals surface area contributed by atoms with Crippen molar-refractivity contribution >= 4 is 11.7 Å². The quantitative estimate of drug-likeness (QED) is 0.364. The van der Waals surface area contributed by atoms with Crippen LogP contribution in [0.25, 0.3) is 0 Å². The van der Waals surface area contributed by atoms with E-state index in [-0.39, 0.29) is 5.84 Å². The number of nitrogens with two attached hydrogens (primary N) is 1. The molecule has 1 aliphatic rings. The molecular weight excluding hydrogens is 230 g/mol. The molecule has 3 N–H and O–H groups in total. The van der Waals surface area contributed by atoms with Crippen LogP contribution in [-0.2, 0) is 0 Å². The van der Waals surface area contributed by atoms with Crippen LogP contribution in [0.4, 0.5) is 5.82 Å². The van der Waals surface area contributed by atoms with Crippen LogP contribution in [0, 0.1) is 0 Å². The highest BCUT2D eigenvalue weighted by Crippen LogP contribution is 2.26. The highest BCUT2D eigenvalue weighted by molar-refractivity contribution is 5.94. The summed E-state index contributed by atoms with van der Waals surface area (Å²) >= 11 is 0. The van der Waals surface area contributed by atoms with Gasteiger partial charge in [0.1, 0.15) is 11.5 Å². The molecule has 0 atom stereocenters. The van der Waals surface area contributed by atoms with Crippen LogP contribution in [0.3, 0.4) is 0 Å². The summed E-state index contributed by atoms with van der Waals surface area (Å²) in [5, 5.41) is 11.5. The minimum Gasteiger partial charge on any atom is -0.409 e. The summed E-state index contributed by atoms with van der Waals surface area (Å²) in [5.41, 5.74) is 5.85. The van der Waals surface area contributed by atoms with Gasteiger partial charge in [0.2, 0.25) is 0 Å². The molecule has 0 aliphatic heterocycles. The van der Waals surface area contributed by atoms with E-state index >= 15 is 0 Å². The second kappa shape index (κ2) is 5.66. The number of hydrogen-bond acceptors (Lipinski definition) is 5. The Morgan fingerprint density at radius 3 is 2.67 bits per heavy atom. The van der Waals surface area contributed by atoms with Gasteiger partial charge in [-0.15, -0.1) is 0 Å². The monoisotopic (exact) mass is 249 g/mol. The van der Waals surface area contributed by atoms with Gasteiger partial charge in [-0.3, -0.25) is 0 Å². The molecule has 18 heavy (non-hydrogen) atoms. The topological polar surface area (TPSA) is 87.6 Å². The van der Waals surface area contributed by atoms with Crippen LogP contribution >= 0.6 is 0 Å². The largest absolute Gasteiger partial charge is 0.409 e. The fourth-order valence-electron chi connectivity index (χ4n) is 2.48. The fourth-order valence-corrected chi connectivity index (χ4v) is 2.48. The van der Waals surface area contributed by atoms with E-state index in [2.05, 4.69) is 26.9 Å². The standard InChI is InChI=1S/C12H19N5O/c1-2-17(9-5-3-4-6-9)11-8-14-10(7-15-11)12(13)16-18/h7-9,18H,2-6H2,1H3,(H2,13,16). The Labute approximate surface area is 107 Å². The van der Waals surface area contributed by atoms with Crippen molar-refractivity contribution in [2.45, 2.75) is 38.6 Å². The van der Waals surface area contributed by atoms with Crippen molar-refractivity contribution < 1.29 is 5.21 Å². The first kappa shape index (κ1) is 12.6. The van der Waals surface area contributed by atoms with Crippen LogP contribution in [0.2, 0.25) is 0 Å². The van der Waals surface area contributed by atoms with Crippen molar-refractivity contribution in [3.05, 3.63) is 18.1 Å². The predicted octanol–water partition coefficient (Wildman–Crippen LogP) is 1.34. The maximum Gasteiger partial charge on any atom is 0.190 e. The average Bonchev–Trinajstić information content (AvgIpc) is 2.93. The molecular formula is C12H19N5O. The van der Waals surface area contributed by atoms with Crippen LogP contribution < -0.4 is 10.6 Å². The third kappa shape index (κ3) is 2.52. The molecule has 1 aromatic rings. The lowest BCUT2D eigenvalue weighted by atomic mass is 10.2. The Bertz CT molecular complexity index is 411. The zero-order valence-electron chi connectivity index (χ0n) is 10.6. The molecule has 1 aromatic heterocycles. The summed E-state index contributed by atoms with van der Waals surface area (Å²) in [4.78, 5) is 10.8. The molecule has 0 radical (unpaired) electrons. The fraction of sp³-hybridized carbons (Fsp3) is 0.583. The molecule has 0 bridgehead atoms. The van der Waals surface area contributed by atoms with Gasteiger partial charge in [-0.05, 0) is 19.8 Å². The van der Waals surface area contributed by atoms with Gasteiger partial charge in [0.15, 0.2) is 5.84 Å². The van der Waals surface area contributed by atoms with Crippen molar-refractivity contribution in [3.8, 4) is 0 Å². The summed E-state index contributed by atoms with van der Waals surface area (Å²) in [6.07, 6.45) is 8.25. The summed E-state index contributed by atoms with van der Waals surface area (Å²) in [6.45, 7) is 3.04. The highest BCUT2D eigenvalue weighted by atomic mass is 16.4. The SMILES string of the molecule is CCN(c1cnc(C(N)=NO)cn1)C1CCCC1. The zero-order chi connectivity index (χ0) is 13.0. The van der Waals surface area contributed by atoms with Crippen molar-refractivity contribution in [1.82, 2.24) is 9.97 Å². The zero-order valence-corrected chi connectivity index (χ0v) is 10.6. The lowest BCUT2D eigenvalue weighted by Crippen LogP contribution is -2.34. The number of hydrogen-bond donors (Lipinski definition) is 2. The molecule has 0 unspecified atom stereocenters. The Hall–Kier alpha value is -1.85. The van der Waals surface area contributed by atoms with Crippen LogP contribution in [0.15, 0.2) is 17.5 Å². The Morgan fingerprint density at radius 2 is 2.17 bits per heavy atom. The predicted molar refractivity (Wildman–Crippen MR) is 69.8 cm³/mol. The highest BCUT2D eigenvalue weighted by Gasteiger charge is 2.22. The van der Waals surface area contributed by atoms with Gasteiger partial charge in [-0.2, -0.15) is 0 Å². The third-order valence-corrected chi connectivity index (χ3v) is 3.41. The molecule has 6 nitrogen and oxygen atoms in total. The van der Waals surface area contributed by atoms with Gasteiger partial charge in [-0.1, -0.05) is 18.0 Å². The van der Waals surface area contributed by atoms with E-state index in [0.29, 0.717) is 11.7 Å². The molecule has 0 amide bonds. The molecule has 1 heterocycles. The summed E-state index contributed by atoms with van der Waals surface area (Å²) < 4.78 is 0. The first-order valence-corrected chi connectivity index (χ1v) is 6.32. The maximum atomic E-state index is 8.57. The first-order chi connectivity index (χ1) is 8.76. The molecule has 0 spiro atoms. The smallest absolute Gasteiger partial charge is 0.190 e. The lowest BCUT2D eigenvalue weighted by Gasteiger charge is -2.28. The number of nitrogens with zero attached hydrogens (tertiary/aromatic N) is 4. The minimum absolute atomic E-state index is 0.0158.